The summed E-state index contributed by atoms with van der Waals surface area (Å²) >= 11 is 6.14. The summed E-state index contributed by atoms with van der Waals surface area (Å²) in [6.45, 7) is 5.66. The molecule has 2 N–H and O–H groups in total. The zero-order chi connectivity index (χ0) is 24.8. The van der Waals surface area contributed by atoms with Gasteiger partial charge < -0.3 is 10.1 Å². The first kappa shape index (κ1) is 24.8. The molecule has 1 amide bonds. The number of esters is 1. The van der Waals surface area contributed by atoms with Crippen molar-refractivity contribution in [2.24, 2.45) is 0 Å². The summed E-state index contributed by atoms with van der Waals surface area (Å²) in [5, 5.41) is 10.5. The third-order valence-electron chi connectivity index (χ3n) is 5.93. The Kier molecular flexibility index (Phi) is 8.05. The van der Waals surface area contributed by atoms with Crippen molar-refractivity contribution in [1.82, 2.24) is 20.2 Å². The standard InChI is InChI=1S/C26H30ClN5O3/c1-3-35-23(33)17-28-21-9-5-6-10-22(21)32-25(19-11-13-20(27)14-12-19)18(2)24(29-32)26(34)30-31-15-7-4-8-16-31/h5-6,9-14,28H,3-4,7-8,15-17H2,1-2H3,(H,30,34). The Balaban J connectivity index is 1.74. The van der Waals surface area contributed by atoms with Crippen LogP contribution in [-0.4, -0.2) is 52.9 Å². The van der Waals surface area contributed by atoms with Crippen molar-refractivity contribution in [2.75, 3.05) is 31.6 Å². The Morgan fingerprint density at radius 3 is 2.49 bits per heavy atom. The van der Waals surface area contributed by atoms with E-state index in [2.05, 4.69) is 10.7 Å². The molecule has 0 unspecified atom stereocenters. The molecule has 184 valence electrons. The Morgan fingerprint density at radius 2 is 1.77 bits per heavy atom. The number of hydrogen-bond donors (Lipinski definition) is 2. The molecule has 35 heavy (non-hydrogen) atoms. The van der Waals surface area contributed by atoms with Gasteiger partial charge in [-0.25, -0.2) is 9.69 Å². The van der Waals surface area contributed by atoms with Crippen LogP contribution in [0.2, 0.25) is 5.02 Å². The third kappa shape index (κ3) is 5.83. The topological polar surface area (TPSA) is 88.5 Å². The molecule has 8 nitrogen and oxygen atoms in total. The number of halogens is 1. The number of ether oxygens (including phenoxy) is 1. The highest BCUT2D eigenvalue weighted by molar-refractivity contribution is 6.30. The molecule has 1 fully saturated rings. The fraction of sp³-hybridized carbons (Fsp3) is 0.346. The van der Waals surface area contributed by atoms with E-state index >= 15 is 0 Å². The Labute approximate surface area is 210 Å². The van der Waals surface area contributed by atoms with Crippen LogP contribution in [-0.2, 0) is 9.53 Å². The molecule has 2 aromatic carbocycles. The summed E-state index contributed by atoms with van der Waals surface area (Å²) in [6, 6.07) is 15.0. The van der Waals surface area contributed by atoms with E-state index in [9.17, 15) is 9.59 Å². The van der Waals surface area contributed by atoms with Crippen LogP contribution in [0, 0.1) is 6.92 Å². The van der Waals surface area contributed by atoms with Crippen molar-refractivity contribution < 1.29 is 14.3 Å². The van der Waals surface area contributed by atoms with Gasteiger partial charge in [0.25, 0.3) is 5.91 Å². The monoisotopic (exact) mass is 495 g/mol. The second-order valence-corrected chi connectivity index (χ2v) is 8.84. The van der Waals surface area contributed by atoms with Crippen molar-refractivity contribution in [1.29, 1.82) is 0 Å². The summed E-state index contributed by atoms with van der Waals surface area (Å²) in [5.74, 6) is -0.589. The Bertz CT molecular complexity index is 1190. The van der Waals surface area contributed by atoms with E-state index in [-0.39, 0.29) is 18.4 Å². The average Bonchev–Trinajstić information content (AvgIpc) is 3.21. The molecule has 0 aliphatic carbocycles. The molecule has 0 bridgehead atoms. The molecule has 0 radical (unpaired) electrons. The normalized spacial score (nSPS) is 13.9. The summed E-state index contributed by atoms with van der Waals surface area (Å²) in [5.41, 5.74) is 7.17. The number of nitrogens with zero attached hydrogens (tertiary/aromatic N) is 3. The maximum atomic E-state index is 13.3. The summed E-state index contributed by atoms with van der Waals surface area (Å²) in [7, 11) is 0. The number of carbonyl (C=O) groups is 2. The molecule has 4 rings (SSSR count). The van der Waals surface area contributed by atoms with Crippen LogP contribution < -0.4 is 10.7 Å². The maximum absolute atomic E-state index is 13.3. The minimum absolute atomic E-state index is 0.0175. The molecule has 3 aromatic rings. The second-order valence-electron chi connectivity index (χ2n) is 8.41. The van der Waals surface area contributed by atoms with Gasteiger partial charge in [0.15, 0.2) is 5.69 Å². The summed E-state index contributed by atoms with van der Waals surface area (Å²) in [6.07, 6.45) is 3.29. The quantitative estimate of drug-likeness (QED) is 0.444. The van der Waals surface area contributed by atoms with Gasteiger partial charge in [-0.1, -0.05) is 42.3 Å². The highest BCUT2D eigenvalue weighted by atomic mass is 35.5. The van der Waals surface area contributed by atoms with Crippen LogP contribution in [0.15, 0.2) is 48.5 Å². The van der Waals surface area contributed by atoms with Crippen molar-refractivity contribution in [3.63, 3.8) is 0 Å². The number of amides is 1. The van der Waals surface area contributed by atoms with Crippen molar-refractivity contribution in [3.8, 4) is 16.9 Å². The van der Waals surface area contributed by atoms with E-state index in [0.717, 1.165) is 42.8 Å². The highest BCUT2D eigenvalue weighted by Crippen LogP contribution is 2.32. The number of anilines is 1. The maximum Gasteiger partial charge on any atom is 0.325 e. The Hall–Kier alpha value is -3.36. The van der Waals surface area contributed by atoms with E-state index in [1.54, 1.807) is 11.6 Å². The first-order valence-electron chi connectivity index (χ1n) is 11.9. The lowest BCUT2D eigenvalue weighted by atomic mass is 10.1. The van der Waals surface area contributed by atoms with E-state index in [1.807, 2.05) is 60.5 Å². The lowest BCUT2D eigenvalue weighted by molar-refractivity contribution is -0.140. The van der Waals surface area contributed by atoms with Crippen LogP contribution >= 0.6 is 11.6 Å². The second kappa shape index (κ2) is 11.4. The van der Waals surface area contributed by atoms with Crippen LogP contribution in [0.3, 0.4) is 0 Å². The fourth-order valence-electron chi connectivity index (χ4n) is 4.22. The molecule has 0 saturated carbocycles. The number of rotatable bonds is 8. The lowest BCUT2D eigenvalue weighted by Crippen LogP contribution is -2.45. The van der Waals surface area contributed by atoms with Crippen LogP contribution in [0.1, 0.15) is 42.2 Å². The number of para-hydroxylation sites is 2. The largest absolute Gasteiger partial charge is 0.465 e. The fourth-order valence-corrected chi connectivity index (χ4v) is 4.35. The molecule has 1 aliphatic heterocycles. The average molecular weight is 496 g/mol. The van der Waals surface area contributed by atoms with Gasteiger partial charge in [-0.2, -0.15) is 5.10 Å². The van der Waals surface area contributed by atoms with Crippen LogP contribution in [0.4, 0.5) is 5.69 Å². The molecule has 1 saturated heterocycles. The first-order valence-corrected chi connectivity index (χ1v) is 12.3. The zero-order valence-electron chi connectivity index (χ0n) is 20.0. The zero-order valence-corrected chi connectivity index (χ0v) is 20.8. The lowest BCUT2D eigenvalue weighted by Gasteiger charge is -2.26. The van der Waals surface area contributed by atoms with E-state index < -0.39 is 0 Å². The number of carbonyl (C=O) groups excluding carboxylic acids is 2. The van der Waals surface area contributed by atoms with Gasteiger partial charge in [0.2, 0.25) is 0 Å². The third-order valence-corrected chi connectivity index (χ3v) is 6.18. The molecule has 1 aliphatic rings. The van der Waals surface area contributed by atoms with E-state index in [0.29, 0.717) is 28.7 Å². The summed E-state index contributed by atoms with van der Waals surface area (Å²) in [4.78, 5) is 25.2. The molecular formula is C26H30ClN5O3. The predicted molar refractivity (Wildman–Crippen MR) is 137 cm³/mol. The number of piperidine rings is 1. The molecular weight excluding hydrogens is 466 g/mol. The van der Waals surface area contributed by atoms with Gasteiger partial charge in [0.05, 0.1) is 23.7 Å². The molecule has 9 heteroatoms. The van der Waals surface area contributed by atoms with Gasteiger partial charge in [0.1, 0.15) is 6.54 Å². The van der Waals surface area contributed by atoms with Gasteiger partial charge in [-0.15, -0.1) is 0 Å². The van der Waals surface area contributed by atoms with E-state index in [4.69, 9.17) is 21.4 Å². The van der Waals surface area contributed by atoms with Gasteiger partial charge in [-0.3, -0.25) is 15.0 Å². The number of nitrogens with one attached hydrogen (secondary N) is 2. The minimum Gasteiger partial charge on any atom is -0.465 e. The molecule has 2 heterocycles. The minimum atomic E-state index is -0.349. The molecule has 0 spiro atoms. The number of hydrogen-bond acceptors (Lipinski definition) is 6. The van der Waals surface area contributed by atoms with Gasteiger partial charge >= 0.3 is 5.97 Å². The Morgan fingerprint density at radius 1 is 1.06 bits per heavy atom. The number of benzene rings is 2. The predicted octanol–water partition coefficient (Wildman–Crippen LogP) is 4.61. The van der Waals surface area contributed by atoms with E-state index in [1.165, 1.54) is 6.42 Å². The highest BCUT2D eigenvalue weighted by Gasteiger charge is 2.25. The van der Waals surface area contributed by atoms with Gasteiger partial charge in [0, 0.05) is 29.2 Å². The molecule has 0 atom stereocenters. The van der Waals surface area contributed by atoms with Crippen molar-refractivity contribution >= 4 is 29.2 Å². The first-order chi connectivity index (χ1) is 17.0. The van der Waals surface area contributed by atoms with Gasteiger partial charge in [-0.05, 0) is 51.0 Å². The SMILES string of the molecule is CCOC(=O)CNc1ccccc1-n1nc(C(=O)NN2CCCCC2)c(C)c1-c1ccc(Cl)cc1. The van der Waals surface area contributed by atoms with Crippen molar-refractivity contribution in [2.45, 2.75) is 33.1 Å². The molecule has 1 aromatic heterocycles. The van der Waals surface area contributed by atoms with Crippen molar-refractivity contribution in [3.05, 3.63) is 64.8 Å². The van der Waals surface area contributed by atoms with Crippen LogP contribution in [0.5, 0.6) is 0 Å². The number of aromatic nitrogens is 2. The summed E-state index contributed by atoms with van der Waals surface area (Å²) < 4.78 is 6.79. The number of hydrazine groups is 1. The smallest absolute Gasteiger partial charge is 0.325 e. The van der Waals surface area contributed by atoms with Crippen LogP contribution in [0.25, 0.3) is 16.9 Å².